The van der Waals surface area contributed by atoms with Gasteiger partial charge in [-0.15, -0.1) is 0 Å². The average molecular weight is 451 g/mol. The summed E-state index contributed by atoms with van der Waals surface area (Å²) in [7, 11) is 1.55. The smallest absolute Gasteiger partial charge is 0.252 e. The summed E-state index contributed by atoms with van der Waals surface area (Å²) in [4.78, 5) is 16.6. The molecule has 1 aliphatic carbocycles. The standard InChI is InChI=1S/C25H30N4O4/c1-3-15-6-4-5-7-20(15)29-24-18-10-23(33-14-17(30)12-27-16-8-9-16)22(32-2)11-21(18)28-13-19(24)25(26)31/h4-7,10-11,13,16-17,27,30H,3,8-9,12,14H2,1-2H3,(H2,26,31)(H,28,29)/t17-/m0/s1. The van der Waals surface area contributed by atoms with Crippen LogP contribution in [0.15, 0.2) is 42.6 Å². The summed E-state index contributed by atoms with van der Waals surface area (Å²) in [5.41, 5.74) is 9.11. The molecule has 0 spiro atoms. The fourth-order valence-corrected chi connectivity index (χ4v) is 3.71. The number of carbonyl (C=O) groups excluding carboxylic acids is 1. The van der Waals surface area contributed by atoms with Crippen LogP contribution in [0, 0.1) is 0 Å². The highest BCUT2D eigenvalue weighted by Crippen LogP contribution is 2.37. The number of nitrogens with one attached hydrogen (secondary N) is 2. The first-order valence-corrected chi connectivity index (χ1v) is 11.2. The molecule has 1 heterocycles. The van der Waals surface area contributed by atoms with Crippen molar-refractivity contribution in [2.24, 2.45) is 5.73 Å². The molecule has 5 N–H and O–H groups in total. The van der Waals surface area contributed by atoms with Gasteiger partial charge in [-0.05, 0) is 37.0 Å². The quantitative estimate of drug-likeness (QED) is 0.354. The number of para-hydroxylation sites is 1. The Morgan fingerprint density at radius 2 is 2.06 bits per heavy atom. The first kappa shape index (κ1) is 22.8. The lowest BCUT2D eigenvalue weighted by Crippen LogP contribution is -2.32. The minimum absolute atomic E-state index is 0.103. The first-order valence-electron chi connectivity index (χ1n) is 11.2. The van der Waals surface area contributed by atoms with Gasteiger partial charge in [0.25, 0.3) is 5.91 Å². The normalized spacial score (nSPS) is 14.2. The fraction of sp³-hybridized carbons (Fsp3) is 0.360. The van der Waals surface area contributed by atoms with Gasteiger partial charge >= 0.3 is 0 Å². The van der Waals surface area contributed by atoms with Gasteiger partial charge in [0.2, 0.25) is 0 Å². The third-order valence-electron chi connectivity index (χ3n) is 5.73. The highest BCUT2D eigenvalue weighted by molar-refractivity contribution is 6.08. The number of aliphatic hydroxyl groups is 1. The Morgan fingerprint density at radius 1 is 1.27 bits per heavy atom. The Labute approximate surface area is 193 Å². The van der Waals surface area contributed by atoms with E-state index in [1.807, 2.05) is 24.3 Å². The molecule has 3 aromatic rings. The molecule has 1 aliphatic rings. The van der Waals surface area contributed by atoms with Crippen molar-refractivity contribution < 1.29 is 19.4 Å². The Hall–Kier alpha value is -3.36. The molecule has 1 atom stereocenters. The molecule has 1 fully saturated rings. The van der Waals surface area contributed by atoms with Crippen molar-refractivity contribution in [3.05, 3.63) is 53.7 Å². The number of carbonyl (C=O) groups is 1. The lowest BCUT2D eigenvalue weighted by Gasteiger charge is -2.18. The molecule has 0 unspecified atom stereocenters. The van der Waals surface area contributed by atoms with Crippen molar-refractivity contribution >= 4 is 28.2 Å². The average Bonchev–Trinajstić information content (AvgIpc) is 3.65. The summed E-state index contributed by atoms with van der Waals surface area (Å²) >= 11 is 0. The van der Waals surface area contributed by atoms with Crippen LogP contribution in [0.4, 0.5) is 11.4 Å². The Kier molecular flexibility index (Phi) is 6.96. The molecular weight excluding hydrogens is 420 g/mol. The minimum atomic E-state index is -0.657. The van der Waals surface area contributed by atoms with Gasteiger partial charge in [-0.25, -0.2) is 0 Å². The Balaban J connectivity index is 1.70. The SMILES string of the molecule is CCc1ccccc1Nc1c(C(N)=O)cnc2cc(OC)c(OC[C@@H](O)CNC3CC3)cc12. The maximum atomic E-state index is 12.2. The molecule has 8 nitrogen and oxygen atoms in total. The van der Waals surface area contributed by atoms with Gasteiger partial charge < -0.3 is 30.9 Å². The summed E-state index contributed by atoms with van der Waals surface area (Å²) in [5, 5.41) is 17.6. The van der Waals surface area contributed by atoms with E-state index in [-0.39, 0.29) is 12.2 Å². The summed E-state index contributed by atoms with van der Waals surface area (Å²) < 4.78 is 11.4. The van der Waals surface area contributed by atoms with Crippen molar-refractivity contribution in [1.29, 1.82) is 0 Å². The zero-order valence-corrected chi connectivity index (χ0v) is 18.9. The number of hydrogen-bond donors (Lipinski definition) is 4. The second-order valence-corrected chi connectivity index (χ2v) is 8.21. The number of aromatic nitrogens is 1. The van der Waals surface area contributed by atoms with E-state index in [0.717, 1.165) is 30.5 Å². The predicted octanol–water partition coefficient (Wildman–Crippen LogP) is 3.14. The maximum absolute atomic E-state index is 12.2. The first-order chi connectivity index (χ1) is 16.0. The molecular formula is C25H30N4O4. The van der Waals surface area contributed by atoms with Crippen LogP contribution >= 0.6 is 0 Å². The van der Waals surface area contributed by atoms with Gasteiger partial charge in [-0.1, -0.05) is 25.1 Å². The second kappa shape index (κ2) is 10.1. The van der Waals surface area contributed by atoms with Crippen LogP contribution in [-0.4, -0.2) is 48.4 Å². The van der Waals surface area contributed by atoms with E-state index in [0.29, 0.717) is 40.7 Å². The molecule has 4 rings (SSSR count). The van der Waals surface area contributed by atoms with Gasteiger partial charge in [0.05, 0.1) is 23.9 Å². The van der Waals surface area contributed by atoms with Gasteiger partial charge in [-0.2, -0.15) is 0 Å². The summed E-state index contributed by atoms with van der Waals surface area (Å²) in [6.07, 6.45) is 3.94. The van der Waals surface area contributed by atoms with E-state index in [1.165, 1.54) is 6.20 Å². The van der Waals surface area contributed by atoms with Crippen LogP contribution < -0.4 is 25.8 Å². The molecule has 174 valence electrons. The number of pyridine rings is 1. The number of anilines is 2. The summed E-state index contributed by atoms with van der Waals surface area (Å²) in [6, 6.07) is 11.9. The summed E-state index contributed by atoms with van der Waals surface area (Å²) in [5.74, 6) is 0.357. The maximum Gasteiger partial charge on any atom is 0.252 e. The van der Waals surface area contributed by atoms with Crippen LogP contribution in [0.2, 0.25) is 0 Å². The molecule has 1 amide bonds. The third-order valence-corrected chi connectivity index (χ3v) is 5.73. The molecule has 2 aromatic carbocycles. The zero-order valence-electron chi connectivity index (χ0n) is 18.9. The number of nitrogens with zero attached hydrogens (tertiary/aromatic N) is 1. The number of ether oxygens (including phenoxy) is 2. The van der Waals surface area contributed by atoms with Crippen LogP contribution in [0.1, 0.15) is 35.7 Å². The Bertz CT molecular complexity index is 1150. The van der Waals surface area contributed by atoms with Crippen LogP contribution in [0.25, 0.3) is 10.9 Å². The largest absolute Gasteiger partial charge is 0.493 e. The second-order valence-electron chi connectivity index (χ2n) is 8.21. The number of benzene rings is 2. The Morgan fingerprint density at radius 3 is 2.76 bits per heavy atom. The van der Waals surface area contributed by atoms with Crippen LogP contribution in [0.5, 0.6) is 11.5 Å². The number of primary amides is 1. The molecule has 0 saturated heterocycles. The highest BCUT2D eigenvalue weighted by atomic mass is 16.5. The van der Waals surface area contributed by atoms with Crippen molar-refractivity contribution in [3.63, 3.8) is 0 Å². The predicted molar refractivity (Wildman–Crippen MR) is 128 cm³/mol. The van der Waals surface area contributed by atoms with Crippen molar-refractivity contribution in [3.8, 4) is 11.5 Å². The number of methoxy groups -OCH3 is 1. The third kappa shape index (κ3) is 5.35. The van der Waals surface area contributed by atoms with E-state index in [9.17, 15) is 9.90 Å². The number of nitrogens with two attached hydrogens (primary N) is 1. The van der Waals surface area contributed by atoms with Gasteiger partial charge in [0.1, 0.15) is 12.7 Å². The van der Waals surface area contributed by atoms with E-state index in [1.54, 1.807) is 19.2 Å². The lowest BCUT2D eigenvalue weighted by atomic mass is 10.1. The molecule has 1 aromatic heterocycles. The molecule has 1 saturated carbocycles. The van der Waals surface area contributed by atoms with E-state index in [4.69, 9.17) is 15.2 Å². The van der Waals surface area contributed by atoms with Crippen LogP contribution in [-0.2, 0) is 6.42 Å². The number of hydrogen-bond acceptors (Lipinski definition) is 7. The number of fused-ring (bicyclic) bond motifs is 1. The lowest BCUT2D eigenvalue weighted by molar-refractivity contribution is 0.100. The topological polar surface area (TPSA) is 119 Å². The number of rotatable bonds is 11. The fourth-order valence-electron chi connectivity index (χ4n) is 3.71. The molecule has 0 radical (unpaired) electrons. The monoisotopic (exact) mass is 450 g/mol. The van der Waals surface area contributed by atoms with Gasteiger partial charge in [-0.3, -0.25) is 9.78 Å². The molecule has 8 heteroatoms. The van der Waals surface area contributed by atoms with Gasteiger partial charge in [0, 0.05) is 35.9 Å². The highest BCUT2D eigenvalue weighted by Gasteiger charge is 2.22. The zero-order chi connectivity index (χ0) is 23.4. The number of aryl methyl sites for hydroxylation is 1. The molecule has 0 aliphatic heterocycles. The van der Waals surface area contributed by atoms with E-state index >= 15 is 0 Å². The van der Waals surface area contributed by atoms with Crippen molar-refractivity contribution in [2.75, 3.05) is 25.6 Å². The van der Waals surface area contributed by atoms with E-state index < -0.39 is 12.0 Å². The molecule has 0 bridgehead atoms. The minimum Gasteiger partial charge on any atom is -0.493 e. The van der Waals surface area contributed by atoms with E-state index in [2.05, 4.69) is 22.5 Å². The van der Waals surface area contributed by atoms with Gasteiger partial charge in [0.15, 0.2) is 11.5 Å². The van der Waals surface area contributed by atoms with Crippen LogP contribution in [0.3, 0.4) is 0 Å². The number of amides is 1. The number of aliphatic hydroxyl groups excluding tert-OH is 1. The summed E-state index contributed by atoms with van der Waals surface area (Å²) in [6.45, 7) is 2.64. The van der Waals surface area contributed by atoms with Crippen molar-refractivity contribution in [2.45, 2.75) is 38.3 Å². The van der Waals surface area contributed by atoms with Crippen molar-refractivity contribution in [1.82, 2.24) is 10.3 Å². The molecule has 33 heavy (non-hydrogen) atoms.